The van der Waals surface area contributed by atoms with E-state index < -0.39 is 17.8 Å². The van der Waals surface area contributed by atoms with E-state index in [0.29, 0.717) is 5.56 Å². The normalized spacial score (nSPS) is 14.1. The Morgan fingerprint density at radius 2 is 1.64 bits per heavy atom. The molecule has 5 heteroatoms. The molecule has 0 bridgehead atoms. The van der Waals surface area contributed by atoms with Gasteiger partial charge in [0.25, 0.3) is 0 Å². The highest BCUT2D eigenvalue weighted by Gasteiger charge is 2.30. The van der Waals surface area contributed by atoms with Crippen molar-refractivity contribution in [2.45, 2.75) is 19.1 Å². The molecule has 0 saturated heterocycles. The summed E-state index contributed by atoms with van der Waals surface area (Å²) in [6, 6.07) is 3.77. The molecule has 1 rings (SSSR count). The third kappa shape index (κ3) is 2.45. The number of nitrogens with one attached hydrogen (secondary N) is 1. The molecule has 1 aromatic carbocycles. The maximum atomic E-state index is 12.1. The van der Waals surface area contributed by atoms with Crippen molar-refractivity contribution in [1.29, 1.82) is 0 Å². The Morgan fingerprint density at radius 1 is 1.14 bits per heavy atom. The van der Waals surface area contributed by atoms with Gasteiger partial charge in [-0.15, -0.1) is 4.48 Å². The van der Waals surface area contributed by atoms with Gasteiger partial charge in [0.05, 0.1) is 11.6 Å². The molecule has 0 aliphatic carbocycles. The van der Waals surface area contributed by atoms with Crippen molar-refractivity contribution in [3.8, 4) is 0 Å². The van der Waals surface area contributed by atoms with Crippen molar-refractivity contribution in [3.63, 3.8) is 0 Å². The van der Waals surface area contributed by atoms with Crippen LogP contribution in [0.2, 0.25) is 0 Å². The number of alkyl halides is 3. The third-order valence-corrected chi connectivity index (χ3v) is 1.90. The average molecular weight is 207 g/mol. The molecule has 0 heterocycles. The van der Waals surface area contributed by atoms with Crippen LogP contribution in [0.3, 0.4) is 0 Å². The van der Waals surface area contributed by atoms with Crippen LogP contribution in [0.1, 0.15) is 24.1 Å². The fourth-order valence-electron chi connectivity index (χ4n) is 1.02. The molecule has 14 heavy (non-hydrogen) atoms. The highest BCUT2D eigenvalue weighted by atomic mass is 19.4. The van der Waals surface area contributed by atoms with Gasteiger partial charge in [0.1, 0.15) is 0 Å². The Hall–Kier alpha value is -1.10. The highest BCUT2D eigenvalue weighted by molar-refractivity contribution is 5.26. The first-order chi connectivity index (χ1) is 6.45. The van der Waals surface area contributed by atoms with E-state index in [2.05, 4.69) is 0 Å². The molecule has 0 aromatic heterocycles. The van der Waals surface area contributed by atoms with Gasteiger partial charge in [-0.3, -0.25) is 0 Å². The van der Waals surface area contributed by atoms with Gasteiger partial charge in [0.15, 0.2) is 0 Å². The van der Waals surface area contributed by atoms with Gasteiger partial charge in [-0.1, -0.05) is 12.1 Å². The standard InChI is InChI=1S/C9H9F4N/c1-6(14-13)7-2-4-8(5-3-7)9(10,11)12/h2-6,14H,1H3. The minimum absolute atomic E-state index is 0.473. The fraction of sp³-hybridized carbons (Fsp3) is 0.333. The first-order valence-electron chi connectivity index (χ1n) is 3.98. The third-order valence-electron chi connectivity index (χ3n) is 1.90. The summed E-state index contributed by atoms with van der Waals surface area (Å²) in [5.74, 6) is 0. The molecule has 1 atom stereocenters. The van der Waals surface area contributed by atoms with Crippen molar-refractivity contribution in [2.75, 3.05) is 0 Å². The topological polar surface area (TPSA) is 12.0 Å². The van der Waals surface area contributed by atoms with Gasteiger partial charge in [-0.2, -0.15) is 18.7 Å². The molecule has 1 N–H and O–H groups in total. The van der Waals surface area contributed by atoms with Crippen LogP contribution in [0.5, 0.6) is 0 Å². The summed E-state index contributed by atoms with van der Waals surface area (Å²) in [5.41, 5.74) is 1.20. The molecule has 0 saturated carbocycles. The van der Waals surface area contributed by atoms with Crippen molar-refractivity contribution in [1.82, 2.24) is 5.54 Å². The fourth-order valence-corrected chi connectivity index (χ4v) is 1.02. The molecular formula is C9H9F4N. The first kappa shape index (κ1) is 11.0. The first-order valence-corrected chi connectivity index (χ1v) is 3.98. The summed E-state index contributed by atoms with van der Waals surface area (Å²) < 4.78 is 48.3. The maximum Gasteiger partial charge on any atom is 0.416 e. The van der Waals surface area contributed by atoms with Crippen molar-refractivity contribution in [3.05, 3.63) is 35.4 Å². The van der Waals surface area contributed by atoms with Crippen LogP contribution in [-0.4, -0.2) is 0 Å². The Labute approximate surface area is 78.7 Å². The van der Waals surface area contributed by atoms with Crippen molar-refractivity contribution < 1.29 is 17.7 Å². The van der Waals surface area contributed by atoms with Gasteiger partial charge >= 0.3 is 6.18 Å². The molecule has 0 spiro atoms. The van der Waals surface area contributed by atoms with E-state index in [1.54, 1.807) is 0 Å². The molecule has 0 fully saturated rings. The van der Waals surface area contributed by atoms with Gasteiger partial charge in [0.2, 0.25) is 0 Å². The van der Waals surface area contributed by atoms with Crippen LogP contribution < -0.4 is 5.54 Å². The lowest BCUT2D eigenvalue weighted by molar-refractivity contribution is -0.137. The number of halogens is 4. The second-order valence-electron chi connectivity index (χ2n) is 2.95. The Balaban J connectivity index is 2.89. The van der Waals surface area contributed by atoms with Crippen LogP contribution in [0, 0.1) is 0 Å². The van der Waals surface area contributed by atoms with Gasteiger partial charge in [-0.25, -0.2) is 0 Å². The maximum absolute atomic E-state index is 12.1. The van der Waals surface area contributed by atoms with Crippen LogP contribution in [0.4, 0.5) is 17.7 Å². The summed E-state index contributed by atoms with van der Waals surface area (Å²) in [5, 5.41) is 0. The SMILES string of the molecule is CC(NF)c1ccc(C(F)(F)F)cc1. The van der Waals surface area contributed by atoms with E-state index in [-0.39, 0.29) is 0 Å². The Bertz CT molecular complexity index is 291. The monoisotopic (exact) mass is 207 g/mol. The molecule has 1 nitrogen and oxygen atoms in total. The number of hydrogen-bond donors (Lipinski definition) is 1. The Morgan fingerprint density at radius 3 is 2.00 bits per heavy atom. The molecule has 0 amide bonds. The predicted molar refractivity (Wildman–Crippen MR) is 44.1 cm³/mol. The largest absolute Gasteiger partial charge is 0.416 e. The molecule has 0 aliphatic rings. The van der Waals surface area contributed by atoms with E-state index in [1.807, 2.05) is 0 Å². The summed E-state index contributed by atoms with van der Waals surface area (Å²) in [4.78, 5) is 0. The minimum Gasteiger partial charge on any atom is -0.166 e. The summed E-state index contributed by atoms with van der Waals surface area (Å²) in [6.45, 7) is 1.52. The Kier molecular flexibility index (Phi) is 3.10. The number of hydrogen-bond acceptors (Lipinski definition) is 1. The lowest BCUT2D eigenvalue weighted by atomic mass is 10.1. The van der Waals surface area contributed by atoms with E-state index in [4.69, 9.17) is 0 Å². The van der Waals surface area contributed by atoms with Crippen LogP contribution in [0.15, 0.2) is 24.3 Å². The molecular weight excluding hydrogens is 198 g/mol. The smallest absolute Gasteiger partial charge is 0.166 e. The second kappa shape index (κ2) is 3.96. The zero-order valence-corrected chi connectivity index (χ0v) is 7.40. The molecule has 0 aliphatic heterocycles. The second-order valence-corrected chi connectivity index (χ2v) is 2.95. The minimum atomic E-state index is -4.34. The van der Waals surface area contributed by atoms with E-state index >= 15 is 0 Å². The zero-order chi connectivity index (χ0) is 10.8. The van der Waals surface area contributed by atoms with Gasteiger partial charge in [-0.05, 0) is 24.6 Å². The van der Waals surface area contributed by atoms with E-state index in [9.17, 15) is 17.7 Å². The molecule has 1 unspecified atom stereocenters. The van der Waals surface area contributed by atoms with E-state index in [1.165, 1.54) is 24.6 Å². The summed E-state index contributed by atoms with van der Waals surface area (Å²) in [7, 11) is 0. The van der Waals surface area contributed by atoms with Crippen LogP contribution in [0.25, 0.3) is 0 Å². The molecule has 0 radical (unpaired) electrons. The average Bonchev–Trinajstić information content (AvgIpc) is 2.15. The van der Waals surface area contributed by atoms with Crippen molar-refractivity contribution >= 4 is 0 Å². The van der Waals surface area contributed by atoms with Crippen molar-refractivity contribution in [2.24, 2.45) is 0 Å². The number of rotatable bonds is 2. The lowest BCUT2D eigenvalue weighted by Crippen LogP contribution is -2.09. The predicted octanol–water partition coefficient (Wildman–Crippen LogP) is 3.24. The van der Waals surface area contributed by atoms with Crippen LogP contribution in [-0.2, 0) is 6.18 Å². The van der Waals surface area contributed by atoms with Gasteiger partial charge in [0, 0.05) is 0 Å². The van der Waals surface area contributed by atoms with Gasteiger partial charge < -0.3 is 0 Å². The quantitative estimate of drug-likeness (QED) is 0.579. The summed E-state index contributed by atoms with van der Waals surface area (Å²) in [6.07, 6.45) is -4.34. The zero-order valence-electron chi connectivity index (χ0n) is 7.40. The number of benzene rings is 1. The van der Waals surface area contributed by atoms with Crippen LogP contribution >= 0.6 is 0 Å². The molecule has 1 aromatic rings. The summed E-state index contributed by atoms with van der Waals surface area (Å²) >= 11 is 0. The lowest BCUT2D eigenvalue weighted by Gasteiger charge is -2.10. The highest BCUT2D eigenvalue weighted by Crippen LogP contribution is 2.29. The van der Waals surface area contributed by atoms with E-state index in [0.717, 1.165) is 12.1 Å². The molecule has 78 valence electrons.